The zero-order chi connectivity index (χ0) is 17.1. The van der Waals surface area contributed by atoms with Gasteiger partial charge < -0.3 is 15.0 Å². The first-order valence-electron chi connectivity index (χ1n) is 7.27. The number of piperazine rings is 1. The van der Waals surface area contributed by atoms with Crippen molar-refractivity contribution in [3.63, 3.8) is 0 Å². The van der Waals surface area contributed by atoms with Gasteiger partial charge in [-0.2, -0.15) is 9.94 Å². The number of nitro groups is 1. The molecule has 0 unspecified atom stereocenters. The van der Waals surface area contributed by atoms with Crippen LogP contribution in [0.5, 0.6) is 0 Å². The van der Waals surface area contributed by atoms with Crippen molar-refractivity contribution in [1.82, 2.24) is 19.7 Å². The molecule has 0 aromatic carbocycles. The molecule has 0 saturated carbocycles. The number of rotatable bonds is 4. The SMILES string of the molecule is N#Cc1ccnc(N2CCN(Cn3cc(Br)c([N+](=O)[O-])n3)CC2)c1. The van der Waals surface area contributed by atoms with Gasteiger partial charge in [0.15, 0.2) is 0 Å². The maximum atomic E-state index is 10.8. The van der Waals surface area contributed by atoms with Crippen molar-refractivity contribution < 1.29 is 4.92 Å². The van der Waals surface area contributed by atoms with Gasteiger partial charge in [-0.1, -0.05) is 0 Å². The van der Waals surface area contributed by atoms with E-state index in [1.807, 2.05) is 0 Å². The van der Waals surface area contributed by atoms with Gasteiger partial charge in [-0.25, -0.2) is 4.98 Å². The molecule has 9 nitrogen and oxygen atoms in total. The molecular weight excluding hydrogens is 378 g/mol. The summed E-state index contributed by atoms with van der Waals surface area (Å²) in [6, 6.07) is 5.58. The standard InChI is InChI=1S/C14H14BrN7O2/c15-12-9-21(18-14(12)22(23)24)10-19-3-5-20(6-4-19)13-7-11(8-16)1-2-17-13/h1-2,7,9H,3-6,10H2. The Kier molecular flexibility index (Phi) is 4.73. The quantitative estimate of drug-likeness (QED) is 0.575. The fourth-order valence-corrected chi connectivity index (χ4v) is 3.03. The number of halogens is 1. The van der Waals surface area contributed by atoms with Gasteiger partial charge in [-0.05, 0) is 33.0 Å². The molecule has 0 atom stereocenters. The Morgan fingerprint density at radius 2 is 2.12 bits per heavy atom. The Bertz CT molecular complexity index is 793. The largest absolute Gasteiger partial charge is 0.404 e. The van der Waals surface area contributed by atoms with Crippen LogP contribution in [-0.2, 0) is 6.67 Å². The van der Waals surface area contributed by atoms with Gasteiger partial charge in [0.1, 0.15) is 17.0 Å². The van der Waals surface area contributed by atoms with Gasteiger partial charge in [0.2, 0.25) is 0 Å². The van der Waals surface area contributed by atoms with E-state index in [9.17, 15) is 10.1 Å². The van der Waals surface area contributed by atoms with Crippen LogP contribution in [0, 0.1) is 21.4 Å². The van der Waals surface area contributed by atoms with Crippen LogP contribution in [0.25, 0.3) is 0 Å². The molecule has 1 saturated heterocycles. The zero-order valence-electron chi connectivity index (χ0n) is 12.7. The van der Waals surface area contributed by atoms with Crippen molar-refractivity contribution in [2.24, 2.45) is 0 Å². The minimum atomic E-state index is -0.508. The Morgan fingerprint density at radius 3 is 2.75 bits per heavy atom. The Labute approximate surface area is 146 Å². The third kappa shape index (κ3) is 3.52. The lowest BCUT2D eigenvalue weighted by Gasteiger charge is -2.34. The first kappa shape index (κ1) is 16.4. The van der Waals surface area contributed by atoms with Crippen molar-refractivity contribution in [2.45, 2.75) is 6.67 Å². The van der Waals surface area contributed by atoms with Crippen molar-refractivity contribution in [3.8, 4) is 6.07 Å². The molecule has 1 fully saturated rings. The Hall–Kier alpha value is -2.51. The summed E-state index contributed by atoms with van der Waals surface area (Å²) < 4.78 is 1.94. The van der Waals surface area contributed by atoms with Crippen molar-refractivity contribution in [2.75, 3.05) is 31.1 Å². The molecule has 10 heteroatoms. The predicted molar refractivity (Wildman–Crippen MR) is 89.3 cm³/mol. The van der Waals surface area contributed by atoms with Crippen LogP contribution in [-0.4, -0.2) is 50.8 Å². The van der Waals surface area contributed by atoms with E-state index < -0.39 is 4.92 Å². The molecule has 0 N–H and O–H groups in total. The third-order valence-electron chi connectivity index (χ3n) is 3.79. The zero-order valence-corrected chi connectivity index (χ0v) is 14.3. The predicted octanol–water partition coefficient (Wildman–Crippen LogP) is 1.60. The van der Waals surface area contributed by atoms with Crippen LogP contribution in [0.15, 0.2) is 29.0 Å². The number of pyridine rings is 1. The second-order valence-corrected chi connectivity index (χ2v) is 6.21. The third-order valence-corrected chi connectivity index (χ3v) is 4.35. The van der Waals surface area contributed by atoms with Gasteiger partial charge >= 0.3 is 5.82 Å². The van der Waals surface area contributed by atoms with Gasteiger partial charge in [0.05, 0.1) is 22.9 Å². The highest BCUT2D eigenvalue weighted by molar-refractivity contribution is 9.10. The molecule has 0 aliphatic carbocycles. The van der Waals surface area contributed by atoms with Gasteiger partial charge in [-0.15, -0.1) is 0 Å². The minimum absolute atomic E-state index is 0.175. The van der Waals surface area contributed by atoms with Crippen LogP contribution < -0.4 is 4.90 Å². The molecule has 3 rings (SSSR count). The topological polar surface area (TPSA) is 104 Å². The fraction of sp³-hybridized carbons (Fsp3) is 0.357. The van der Waals surface area contributed by atoms with Crippen LogP contribution >= 0.6 is 15.9 Å². The molecule has 3 heterocycles. The van der Waals surface area contributed by atoms with E-state index in [1.54, 1.807) is 29.2 Å². The summed E-state index contributed by atoms with van der Waals surface area (Å²) in [6.07, 6.45) is 3.25. The molecule has 2 aromatic rings. The monoisotopic (exact) mass is 391 g/mol. The molecule has 2 aromatic heterocycles. The van der Waals surface area contributed by atoms with Gasteiger partial charge in [-0.3, -0.25) is 4.90 Å². The van der Waals surface area contributed by atoms with Crippen molar-refractivity contribution >= 4 is 27.6 Å². The summed E-state index contributed by atoms with van der Waals surface area (Å²) in [6.45, 7) is 3.60. The highest BCUT2D eigenvalue weighted by atomic mass is 79.9. The molecule has 24 heavy (non-hydrogen) atoms. The summed E-state index contributed by atoms with van der Waals surface area (Å²) in [5, 5.41) is 23.8. The van der Waals surface area contributed by atoms with E-state index in [4.69, 9.17) is 5.26 Å². The fourth-order valence-electron chi connectivity index (χ4n) is 2.57. The van der Waals surface area contributed by atoms with Crippen LogP contribution in [0.1, 0.15) is 5.56 Å². The second kappa shape index (κ2) is 6.94. The highest BCUT2D eigenvalue weighted by Gasteiger charge is 2.22. The average molecular weight is 392 g/mol. The van der Waals surface area contributed by atoms with Crippen molar-refractivity contribution in [3.05, 3.63) is 44.7 Å². The van der Waals surface area contributed by atoms with Gasteiger partial charge in [0, 0.05) is 32.4 Å². The first-order valence-corrected chi connectivity index (χ1v) is 8.07. The van der Waals surface area contributed by atoms with Crippen molar-refractivity contribution in [1.29, 1.82) is 5.26 Å². The molecule has 1 aliphatic heterocycles. The smallest absolute Gasteiger partial charge is 0.358 e. The van der Waals surface area contributed by atoms with Crippen LogP contribution in [0.4, 0.5) is 11.6 Å². The second-order valence-electron chi connectivity index (χ2n) is 5.36. The van der Waals surface area contributed by atoms with E-state index in [1.165, 1.54) is 0 Å². The molecule has 0 radical (unpaired) electrons. The van der Waals surface area contributed by atoms with Gasteiger partial charge in [0.25, 0.3) is 0 Å². The summed E-state index contributed by atoms with van der Waals surface area (Å²) in [5.74, 6) is 0.623. The summed E-state index contributed by atoms with van der Waals surface area (Å²) >= 11 is 3.15. The molecule has 1 aliphatic rings. The lowest BCUT2D eigenvalue weighted by Crippen LogP contribution is -2.47. The number of hydrogen-bond acceptors (Lipinski definition) is 7. The average Bonchev–Trinajstić information content (AvgIpc) is 2.96. The number of nitrogens with zero attached hydrogens (tertiary/aromatic N) is 7. The summed E-state index contributed by atoms with van der Waals surface area (Å²) in [4.78, 5) is 18.9. The number of anilines is 1. The maximum absolute atomic E-state index is 10.8. The molecule has 0 spiro atoms. The first-order chi connectivity index (χ1) is 11.6. The Morgan fingerprint density at radius 1 is 1.38 bits per heavy atom. The highest BCUT2D eigenvalue weighted by Crippen LogP contribution is 2.22. The van der Waals surface area contributed by atoms with E-state index in [2.05, 4.69) is 41.9 Å². The Balaban J connectivity index is 1.60. The lowest BCUT2D eigenvalue weighted by atomic mass is 10.2. The summed E-state index contributed by atoms with van der Waals surface area (Å²) in [5.41, 5.74) is 0.594. The molecule has 0 amide bonds. The minimum Gasteiger partial charge on any atom is -0.358 e. The molecular formula is C14H14BrN7O2. The number of aromatic nitrogens is 3. The van der Waals surface area contributed by atoms with E-state index in [0.29, 0.717) is 16.7 Å². The lowest BCUT2D eigenvalue weighted by molar-refractivity contribution is -0.390. The maximum Gasteiger partial charge on any atom is 0.404 e. The normalized spacial score (nSPS) is 15.2. The summed E-state index contributed by atoms with van der Waals surface area (Å²) in [7, 11) is 0. The molecule has 124 valence electrons. The number of nitriles is 1. The van der Waals surface area contributed by atoms with E-state index >= 15 is 0 Å². The van der Waals surface area contributed by atoms with Crippen LogP contribution in [0.2, 0.25) is 0 Å². The van der Waals surface area contributed by atoms with E-state index in [-0.39, 0.29) is 5.82 Å². The number of hydrogen-bond donors (Lipinski definition) is 0. The van der Waals surface area contributed by atoms with E-state index in [0.717, 1.165) is 32.0 Å². The van der Waals surface area contributed by atoms with Crippen LogP contribution in [0.3, 0.4) is 0 Å². The molecule has 0 bridgehead atoms.